The summed E-state index contributed by atoms with van der Waals surface area (Å²) < 4.78 is 10.7. The first kappa shape index (κ1) is 15.2. The maximum Gasteiger partial charge on any atom is 0.287 e. The topological polar surface area (TPSA) is 37.3 Å². The molecule has 0 radical (unpaired) electrons. The summed E-state index contributed by atoms with van der Waals surface area (Å²) in [5.74, 6) is 0. The molecule has 4 heteroatoms. The fourth-order valence-electron chi connectivity index (χ4n) is 1.48. The second-order valence-corrected chi connectivity index (χ2v) is 7.16. The lowest BCUT2D eigenvalue weighted by molar-refractivity contribution is 0.491. The van der Waals surface area contributed by atoms with Crippen molar-refractivity contribution in [3.8, 4) is 0 Å². The van der Waals surface area contributed by atoms with E-state index in [1.165, 1.54) is 25.7 Å². The van der Waals surface area contributed by atoms with Gasteiger partial charge in [0.25, 0.3) is 6.72 Å². The van der Waals surface area contributed by atoms with Crippen LogP contribution in [0.1, 0.15) is 51.4 Å². The first-order chi connectivity index (χ1) is 7.06. The molecule has 0 rings (SSSR count). The van der Waals surface area contributed by atoms with E-state index in [0.717, 1.165) is 25.7 Å². The van der Waals surface area contributed by atoms with Gasteiger partial charge in [-0.3, -0.25) is 4.57 Å². The highest BCUT2D eigenvalue weighted by molar-refractivity contribution is 7.84. The van der Waals surface area contributed by atoms with Crippen LogP contribution < -0.4 is 0 Å². The molecule has 0 fully saturated rings. The van der Waals surface area contributed by atoms with Crippen LogP contribution in [0.25, 0.3) is 0 Å². The van der Waals surface area contributed by atoms with E-state index < -0.39 is 6.72 Å². The molecule has 1 atom stereocenters. The molecule has 0 aromatic rings. The molecule has 15 heavy (non-hydrogen) atoms. The molecule has 0 saturated carbocycles. The van der Waals surface area contributed by atoms with Crippen molar-refractivity contribution < 1.29 is 9.46 Å². The Morgan fingerprint density at radius 3 is 2.00 bits per heavy atom. The molecule has 2 nitrogen and oxygen atoms in total. The van der Waals surface area contributed by atoms with E-state index >= 15 is 0 Å². The summed E-state index contributed by atoms with van der Waals surface area (Å²) >= 11 is 5.23. The summed E-state index contributed by atoms with van der Waals surface area (Å²) in [6, 6.07) is 0. The summed E-state index contributed by atoms with van der Waals surface area (Å²) in [7, 11) is 0. The van der Waals surface area contributed by atoms with Crippen LogP contribution in [0, 0.1) is 0 Å². The van der Waals surface area contributed by atoms with Crippen LogP contribution in [-0.4, -0.2) is 11.1 Å². The van der Waals surface area contributed by atoms with E-state index in [0.29, 0.717) is 0 Å². The number of hydrogen-bond donors (Lipinski definition) is 1. The van der Waals surface area contributed by atoms with Gasteiger partial charge in [-0.2, -0.15) is 0 Å². The molecule has 0 aromatic heterocycles. The van der Waals surface area contributed by atoms with Gasteiger partial charge in [-0.25, -0.2) is 0 Å². The Balaban J connectivity index is 3.05. The fraction of sp³-hybridized carbons (Fsp3) is 0.818. The van der Waals surface area contributed by atoms with Crippen LogP contribution in [0.2, 0.25) is 0 Å². The van der Waals surface area contributed by atoms with Crippen molar-refractivity contribution in [1.29, 1.82) is 0 Å². The third kappa shape index (κ3) is 14.2. The molecule has 90 valence electrons. The second kappa shape index (κ2) is 9.45. The molecule has 0 bridgehead atoms. The van der Waals surface area contributed by atoms with Crippen molar-refractivity contribution in [3.63, 3.8) is 0 Å². The van der Waals surface area contributed by atoms with Gasteiger partial charge in [0, 0.05) is 6.16 Å². The van der Waals surface area contributed by atoms with Gasteiger partial charge >= 0.3 is 0 Å². The molecule has 0 saturated heterocycles. The van der Waals surface area contributed by atoms with Crippen molar-refractivity contribution in [1.82, 2.24) is 0 Å². The number of unbranched alkanes of at least 4 members (excludes halogenated alkanes) is 7. The zero-order valence-corrected chi connectivity index (χ0v) is 11.0. The highest BCUT2D eigenvalue weighted by Crippen LogP contribution is 2.46. The van der Waals surface area contributed by atoms with Gasteiger partial charge in [0.1, 0.15) is 0 Å². The third-order valence-electron chi connectivity index (χ3n) is 2.34. The normalized spacial score (nSPS) is 14.8. The zero-order chi connectivity index (χ0) is 11.6. The third-order valence-corrected chi connectivity index (χ3v) is 3.72. The zero-order valence-electron chi connectivity index (χ0n) is 9.33. The van der Waals surface area contributed by atoms with Crippen LogP contribution in [0.15, 0.2) is 12.7 Å². The van der Waals surface area contributed by atoms with Crippen molar-refractivity contribution in [2.75, 3.05) is 6.16 Å². The van der Waals surface area contributed by atoms with E-state index in [9.17, 15) is 4.57 Å². The number of hydrogen-bond acceptors (Lipinski definition) is 1. The molecule has 0 amide bonds. The molecule has 0 aliphatic rings. The van der Waals surface area contributed by atoms with Crippen LogP contribution in [0.3, 0.4) is 0 Å². The predicted octanol–water partition coefficient (Wildman–Crippen LogP) is 4.72. The lowest BCUT2D eigenvalue weighted by atomic mass is 10.1. The molecule has 0 heterocycles. The number of rotatable bonds is 10. The monoisotopic (exact) mass is 252 g/mol. The number of halogens is 1. The fourth-order valence-corrected chi connectivity index (χ4v) is 2.45. The smallest absolute Gasteiger partial charge is 0.287 e. The first-order valence-electron chi connectivity index (χ1n) is 5.68. The molecule has 1 unspecified atom stereocenters. The van der Waals surface area contributed by atoms with Gasteiger partial charge in [-0.15, -0.1) is 6.58 Å². The Bertz CT molecular complexity index is 201. The Kier molecular flexibility index (Phi) is 9.58. The molecule has 0 aliphatic heterocycles. The first-order valence-corrected chi connectivity index (χ1v) is 8.43. The summed E-state index contributed by atoms with van der Waals surface area (Å²) in [6.45, 7) is 0.404. The highest BCUT2D eigenvalue weighted by Gasteiger charge is 2.11. The SMILES string of the molecule is C=CCCCCCCCCCP(=O)(O)Cl. The lowest BCUT2D eigenvalue weighted by Crippen LogP contribution is -1.85. The van der Waals surface area contributed by atoms with E-state index in [4.69, 9.17) is 16.1 Å². The van der Waals surface area contributed by atoms with Crippen LogP contribution >= 0.6 is 18.0 Å². The molecular formula is C11H22ClO2P. The van der Waals surface area contributed by atoms with E-state index in [2.05, 4.69) is 6.58 Å². The second-order valence-electron chi connectivity index (χ2n) is 3.89. The van der Waals surface area contributed by atoms with Crippen LogP contribution in [0.4, 0.5) is 0 Å². The minimum Gasteiger partial charge on any atom is -0.333 e. The minimum absolute atomic E-state index is 0.255. The van der Waals surface area contributed by atoms with E-state index in [1.54, 1.807) is 0 Å². The van der Waals surface area contributed by atoms with Crippen molar-refractivity contribution in [2.24, 2.45) is 0 Å². The standard InChI is InChI=1S/C11H22ClO2P/c1-2-3-4-5-6-7-8-9-10-11-15(12,13)14/h2H,1,3-11H2,(H,13,14). The maximum atomic E-state index is 10.7. The lowest BCUT2D eigenvalue weighted by Gasteiger charge is -2.02. The predicted molar refractivity (Wildman–Crippen MR) is 67.7 cm³/mol. The summed E-state index contributed by atoms with van der Waals surface area (Å²) in [6.07, 6.45) is 11.2. The summed E-state index contributed by atoms with van der Waals surface area (Å²) in [5, 5.41) is 0. The summed E-state index contributed by atoms with van der Waals surface area (Å²) in [5.41, 5.74) is 0. The molecule has 0 aliphatic carbocycles. The van der Waals surface area contributed by atoms with Crippen molar-refractivity contribution >= 4 is 18.0 Å². The molecule has 1 N–H and O–H groups in total. The molecular weight excluding hydrogens is 231 g/mol. The van der Waals surface area contributed by atoms with Crippen molar-refractivity contribution in [3.05, 3.63) is 12.7 Å². The highest BCUT2D eigenvalue weighted by atomic mass is 35.7. The van der Waals surface area contributed by atoms with Crippen LogP contribution in [0.5, 0.6) is 0 Å². The van der Waals surface area contributed by atoms with Gasteiger partial charge < -0.3 is 4.89 Å². The summed E-state index contributed by atoms with van der Waals surface area (Å²) in [4.78, 5) is 8.83. The largest absolute Gasteiger partial charge is 0.333 e. The Morgan fingerprint density at radius 1 is 1.07 bits per heavy atom. The number of allylic oxidation sites excluding steroid dienone is 1. The van der Waals surface area contributed by atoms with Crippen molar-refractivity contribution in [2.45, 2.75) is 51.4 Å². The Labute approximate surface area is 98.0 Å². The van der Waals surface area contributed by atoms with Crippen LogP contribution in [-0.2, 0) is 4.57 Å². The van der Waals surface area contributed by atoms with E-state index in [-0.39, 0.29) is 6.16 Å². The molecule has 0 aromatic carbocycles. The average molecular weight is 253 g/mol. The Morgan fingerprint density at radius 2 is 1.53 bits per heavy atom. The minimum atomic E-state index is -3.27. The van der Waals surface area contributed by atoms with Gasteiger partial charge in [0.15, 0.2) is 0 Å². The van der Waals surface area contributed by atoms with Gasteiger partial charge in [0.05, 0.1) is 0 Å². The van der Waals surface area contributed by atoms with Gasteiger partial charge in [-0.1, -0.05) is 38.2 Å². The molecule has 0 spiro atoms. The van der Waals surface area contributed by atoms with Gasteiger partial charge in [-0.05, 0) is 30.5 Å². The maximum absolute atomic E-state index is 10.7. The van der Waals surface area contributed by atoms with E-state index in [1.807, 2.05) is 6.08 Å². The average Bonchev–Trinajstić information content (AvgIpc) is 2.14. The van der Waals surface area contributed by atoms with Gasteiger partial charge in [0.2, 0.25) is 0 Å². The Hall–Kier alpha value is 0.220. The quantitative estimate of drug-likeness (QED) is 0.347.